The van der Waals surface area contributed by atoms with E-state index in [-0.39, 0.29) is 0 Å². The Hall–Kier alpha value is -2.20. The number of benzene rings is 2. The predicted octanol–water partition coefficient (Wildman–Crippen LogP) is 3.58. The number of rotatable bonds is 2. The zero-order valence-corrected chi connectivity index (χ0v) is 12.0. The fourth-order valence-electron chi connectivity index (χ4n) is 2.27. The highest BCUT2D eigenvalue weighted by Gasteiger charge is 2.11. The normalized spacial score (nSPS) is 10.9. The molecule has 20 heavy (non-hydrogen) atoms. The first-order chi connectivity index (χ1) is 9.60. The van der Waals surface area contributed by atoms with E-state index in [1.165, 1.54) is 0 Å². The van der Waals surface area contributed by atoms with E-state index in [4.69, 9.17) is 22.1 Å². The molecule has 5 heteroatoms. The van der Waals surface area contributed by atoms with Crippen molar-refractivity contribution in [3.63, 3.8) is 0 Å². The van der Waals surface area contributed by atoms with E-state index in [1.807, 2.05) is 47.9 Å². The zero-order valence-electron chi connectivity index (χ0n) is 11.2. The number of nitrogens with zero attached hydrogens (tertiary/aromatic N) is 2. The zero-order chi connectivity index (χ0) is 14.3. The first-order valence-corrected chi connectivity index (χ1v) is 6.56. The van der Waals surface area contributed by atoms with Gasteiger partial charge in [0.25, 0.3) is 0 Å². The summed E-state index contributed by atoms with van der Waals surface area (Å²) >= 11 is 6.18. The molecule has 0 unspecified atom stereocenters. The fourth-order valence-corrected chi connectivity index (χ4v) is 2.53. The molecule has 4 nitrogen and oxygen atoms in total. The maximum absolute atomic E-state index is 6.18. The van der Waals surface area contributed by atoms with Gasteiger partial charge in [-0.2, -0.15) is 0 Å². The van der Waals surface area contributed by atoms with Crippen LogP contribution in [0.2, 0.25) is 5.02 Å². The van der Waals surface area contributed by atoms with Crippen molar-refractivity contribution in [3.8, 4) is 11.4 Å². The molecule has 3 aromatic rings. The van der Waals surface area contributed by atoms with Crippen LogP contribution in [0.25, 0.3) is 16.7 Å². The number of ether oxygens (including phenoxy) is 1. The van der Waals surface area contributed by atoms with E-state index in [0.29, 0.717) is 16.7 Å². The van der Waals surface area contributed by atoms with Crippen molar-refractivity contribution < 1.29 is 4.74 Å². The number of aromatic nitrogens is 2. The van der Waals surface area contributed by atoms with E-state index in [0.717, 1.165) is 22.3 Å². The summed E-state index contributed by atoms with van der Waals surface area (Å²) in [5.74, 6) is 1.07. The number of nitrogens with two attached hydrogens (primary N) is 1. The van der Waals surface area contributed by atoms with Gasteiger partial charge in [0.05, 0.1) is 28.9 Å². The molecule has 0 radical (unpaired) electrons. The standard InChI is InChI=1S/C15H14ClN3O/c1-9-3-5-13-12(7-9)18-15(17)19(13)10-4-6-14(20-2)11(16)8-10/h3-8H,1-2H3,(H2,17,18). The number of aryl methyl sites for hydroxylation is 1. The first-order valence-electron chi connectivity index (χ1n) is 6.18. The second-order valence-corrected chi connectivity index (χ2v) is 5.02. The Balaban J connectivity index is 2.23. The lowest BCUT2D eigenvalue weighted by atomic mass is 10.2. The summed E-state index contributed by atoms with van der Waals surface area (Å²) in [5.41, 5.74) is 9.87. The Morgan fingerprint density at radius 3 is 2.70 bits per heavy atom. The molecule has 0 aliphatic carbocycles. The van der Waals surface area contributed by atoms with Gasteiger partial charge in [0, 0.05) is 0 Å². The van der Waals surface area contributed by atoms with Gasteiger partial charge >= 0.3 is 0 Å². The Bertz CT molecular complexity index is 795. The Labute approximate surface area is 121 Å². The van der Waals surface area contributed by atoms with Crippen LogP contribution in [0.4, 0.5) is 5.95 Å². The van der Waals surface area contributed by atoms with Crippen molar-refractivity contribution in [2.75, 3.05) is 12.8 Å². The third-order valence-electron chi connectivity index (χ3n) is 3.23. The van der Waals surface area contributed by atoms with Gasteiger partial charge in [0.1, 0.15) is 5.75 Å². The first kappa shape index (κ1) is 12.8. The SMILES string of the molecule is COc1ccc(-n2c(N)nc3cc(C)ccc32)cc1Cl. The number of imidazole rings is 1. The lowest BCUT2D eigenvalue weighted by Gasteiger charge is -2.09. The van der Waals surface area contributed by atoms with Gasteiger partial charge in [-0.1, -0.05) is 17.7 Å². The number of methoxy groups -OCH3 is 1. The Kier molecular flexibility index (Phi) is 3.03. The second-order valence-electron chi connectivity index (χ2n) is 4.62. The molecule has 0 spiro atoms. The average molecular weight is 288 g/mol. The number of hydrogen-bond donors (Lipinski definition) is 1. The highest BCUT2D eigenvalue weighted by Crippen LogP contribution is 2.30. The minimum atomic E-state index is 0.437. The van der Waals surface area contributed by atoms with Gasteiger partial charge in [-0.05, 0) is 42.8 Å². The molecule has 0 fully saturated rings. The molecule has 2 aromatic carbocycles. The van der Waals surface area contributed by atoms with Crippen LogP contribution in [0, 0.1) is 6.92 Å². The molecule has 0 bridgehead atoms. The summed E-state index contributed by atoms with van der Waals surface area (Å²) in [6, 6.07) is 11.6. The number of hydrogen-bond acceptors (Lipinski definition) is 3. The van der Waals surface area contributed by atoms with Crippen LogP contribution in [0.5, 0.6) is 5.75 Å². The Morgan fingerprint density at radius 2 is 2.00 bits per heavy atom. The number of anilines is 1. The molecule has 2 N–H and O–H groups in total. The summed E-state index contributed by atoms with van der Waals surface area (Å²) in [7, 11) is 1.59. The summed E-state index contributed by atoms with van der Waals surface area (Å²) < 4.78 is 7.04. The molecule has 0 saturated heterocycles. The molecule has 102 valence electrons. The van der Waals surface area contributed by atoms with Gasteiger partial charge in [-0.25, -0.2) is 4.98 Å². The largest absolute Gasteiger partial charge is 0.495 e. The molecule has 1 aromatic heterocycles. The molecule has 0 atom stereocenters. The van der Waals surface area contributed by atoms with Crippen molar-refractivity contribution in [2.24, 2.45) is 0 Å². The van der Waals surface area contributed by atoms with E-state index in [2.05, 4.69) is 4.98 Å². The van der Waals surface area contributed by atoms with Crippen LogP contribution in [0.15, 0.2) is 36.4 Å². The van der Waals surface area contributed by atoms with Crippen molar-refractivity contribution in [1.82, 2.24) is 9.55 Å². The van der Waals surface area contributed by atoms with Crippen molar-refractivity contribution >= 4 is 28.6 Å². The maximum atomic E-state index is 6.18. The van der Waals surface area contributed by atoms with E-state index >= 15 is 0 Å². The molecule has 0 aliphatic rings. The van der Waals surface area contributed by atoms with Crippen molar-refractivity contribution in [1.29, 1.82) is 0 Å². The fraction of sp³-hybridized carbons (Fsp3) is 0.133. The number of nitrogen functional groups attached to an aromatic ring is 1. The second kappa shape index (κ2) is 4.72. The molecule has 3 rings (SSSR count). The molecular formula is C15H14ClN3O. The van der Waals surface area contributed by atoms with Crippen LogP contribution in [-0.2, 0) is 0 Å². The van der Waals surface area contributed by atoms with Crippen LogP contribution in [0.3, 0.4) is 0 Å². The third-order valence-corrected chi connectivity index (χ3v) is 3.52. The lowest BCUT2D eigenvalue weighted by Crippen LogP contribution is -2.00. The van der Waals surface area contributed by atoms with Gasteiger partial charge < -0.3 is 10.5 Å². The molecule has 0 aliphatic heterocycles. The van der Waals surface area contributed by atoms with E-state index < -0.39 is 0 Å². The molecule has 0 amide bonds. The third kappa shape index (κ3) is 1.98. The summed E-state index contributed by atoms with van der Waals surface area (Å²) in [5, 5.41) is 0.540. The van der Waals surface area contributed by atoms with Gasteiger partial charge in [0.2, 0.25) is 5.95 Å². The van der Waals surface area contributed by atoms with Crippen LogP contribution in [-0.4, -0.2) is 16.7 Å². The summed E-state index contributed by atoms with van der Waals surface area (Å²) in [6.45, 7) is 2.03. The quantitative estimate of drug-likeness (QED) is 0.784. The average Bonchev–Trinajstić information content (AvgIpc) is 2.73. The minimum absolute atomic E-state index is 0.437. The minimum Gasteiger partial charge on any atom is -0.495 e. The monoisotopic (exact) mass is 287 g/mol. The lowest BCUT2D eigenvalue weighted by molar-refractivity contribution is 0.415. The molecule has 0 saturated carbocycles. The topological polar surface area (TPSA) is 53.1 Å². The Morgan fingerprint density at radius 1 is 1.20 bits per heavy atom. The number of halogens is 1. The summed E-state index contributed by atoms with van der Waals surface area (Å²) in [4.78, 5) is 4.39. The molecule has 1 heterocycles. The van der Waals surface area contributed by atoms with Crippen LogP contribution < -0.4 is 10.5 Å². The smallest absolute Gasteiger partial charge is 0.205 e. The van der Waals surface area contributed by atoms with Crippen molar-refractivity contribution in [2.45, 2.75) is 6.92 Å². The number of fused-ring (bicyclic) bond motifs is 1. The van der Waals surface area contributed by atoms with Crippen molar-refractivity contribution in [3.05, 3.63) is 47.0 Å². The summed E-state index contributed by atoms with van der Waals surface area (Å²) in [6.07, 6.45) is 0. The van der Waals surface area contributed by atoms with Gasteiger partial charge in [0.15, 0.2) is 0 Å². The van der Waals surface area contributed by atoms with Gasteiger partial charge in [-0.3, -0.25) is 4.57 Å². The molecular weight excluding hydrogens is 274 g/mol. The van der Waals surface area contributed by atoms with Crippen LogP contribution in [0.1, 0.15) is 5.56 Å². The van der Waals surface area contributed by atoms with E-state index in [1.54, 1.807) is 7.11 Å². The maximum Gasteiger partial charge on any atom is 0.205 e. The highest BCUT2D eigenvalue weighted by atomic mass is 35.5. The van der Waals surface area contributed by atoms with E-state index in [9.17, 15) is 0 Å². The van der Waals surface area contributed by atoms with Gasteiger partial charge in [-0.15, -0.1) is 0 Å². The highest BCUT2D eigenvalue weighted by molar-refractivity contribution is 6.32. The predicted molar refractivity (Wildman–Crippen MR) is 81.8 cm³/mol. The van der Waals surface area contributed by atoms with Crippen LogP contribution >= 0.6 is 11.6 Å².